The summed E-state index contributed by atoms with van der Waals surface area (Å²) in [6, 6.07) is 12.4. The number of benzene rings is 2. The van der Waals surface area contributed by atoms with E-state index in [4.69, 9.17) is 0 Å². The molecule has 1 saturated carbocycles. The van der Waals surface area contributed by atoms with E-state index in [0.29, 0.717) is 18.1 Å². The first-order valence-corrected chi connectivity index (χ1v) is 16.6. The Kier molecular flexibility index (Phi) is 7.74. The molecule has 0 radical (unpaired) electrons. The summed E-state index contributed by atoms with van der Waals surface area (Å²) >= 11 is 0. The van der Waals surface area contributed by atoms with Crippen molar-refractivity contribution in [3.63, 3.8) is 0 Å². The first-order chi connectivity index (χ1) is 16.9. The van der Waals surface area contributed by atoms with Gasteiger partial charge < -0.3 is 0 Å². The van der Waals surface area contributed by atoms with Gasteiger partial charge in [0.1, 0.15) is 0 Å². The van der Waals surface area contributed by atoms with Crippen LogP contribution in [0.4, 0.5) is 0 Å². The number of hydrogen-bond donors (Lipinski definition) is 3. The summed E-state index contributed by atoms with van der Waals surface area (Å²) in [6.45, 7) is 26.0. The third kappa shape index (κ3) is 5.51. The van der Waals surface area contributed by atoms with Gasteiger partial charge in [-0.05, 0) is 0 Å². The summed E-state index contributed by atoms with van der Waals surface area (Å²) in [7, 11) is -5.50. The zero-order chi connectivity index (χ0) is 29.2. The molecule has 2 aromatic rings. The van der Waals surface area contributed by atoms with Crippen molar-refractivity contribution < 1.29 is 14.7 Å². The Bertz CT molecular complexity index is 1170. The molecule has 4 heteroatoms. The van der Waals surface area contributed by atoms with E-state index in [9.17, 15) is 14.7 Å². The number of rotatable bonds is 3. The maximum atomic E-state index is 12.7. The van der Waals surface area contributed by atoms with Crippen molar-refractivity contribution in [2.75, 3.05) is 0 Å². The first kappa shape index (κ1) is 31.3. The van der Waals surface area contributed by atoms with Gasteiger partial charge >= 0.3 is 233 Å². The Hall–Kier alpha value is -1.25. The van der Waals surface area contributed by atoms with Gasteiger partial charge in [0, 0.05) is 0 Å². The molecule has 0 heterocycles. The normalized spacial score (nSPS) is 18.7. The third-order valence-corrected chi connectivity index (χ3v) is 12.3. The predicted octanol–water partition coefficient (Wildman–Crippen LogP) is 8.64. The van der Waals surface area contributed by atoms with Gasteiger partial charge in [0.05, 0.1) is 0 Å². The van der Waals surface area contributed by atoms with Crippen LogP contribution < -0.4 is 5.30 Å². The maximum absolute atomic E-state index is 12.7. The van der Waals surface area contributed by atoms with E-state index < -0.39 is 12.4 Å². The molecule has 38 heavy (non-hydrogen) atoms. The molecule has 0 spiro atoms. The monoisotopic (exact) mass is 542 g/mol. The Balaban J connectivity index is 2.45. The Morgan fingerprint density at radius 3 is 1.39 bits per heavy atom. The van der Waals surface area contributed by atoms with E-state index in [-0.39, 0.29) is 21.7 Å². The molecule has 0 aromatic heterocycles. The SMILES string of the molecule is CC(C)(C)c1ccc(C2(P(O)(O)(O)c3ccc(C(C)(C)C)cc3C(C)(C)C)CCCCC2)c(C(C)(C)C)c1. The van der Waals surface area contributed by atoms with E-state index in [1.54, 1.807) is 0 Å². The molecule has 2 aromatic carbocycles. The van der Waals surface area contributed by atoms with E-state index in [1.807, 2.05) is 12.1 Å². The third-order valence-electron chi connectivity index (χ3n) is 8.78. The van der Waals surface area contributed by atoms with Crippen molar-refractivity contribution >= 4 is 12.6 Å². The minimum atomic E-state index is -5.50. The van der Waals surface area contributed by atoms with Gasteiger partial charge in [0.15, 0.2) is 0 Å². The summed E-state index contributed by atoms with van der Waals surface area (Å²) in [5.74, 6) is 0. The second-order valence-corrected chi connectivity index (χ2v) is 19.4. The second-order valence-electron chi connectivity index (χ2n) is 16.1. The van der Waals surface area contributed by atoms with Gasteiger partial charge in [-0.15, -0.1) is 0 Å². The fraction of sp³-hybridized carbons (Fsp3) is 0.647. The van der Waals surface area contributed by atoms with Crippen LogP contribution in [0, 0.1) is 0 Å². The molecular weight excluding hydrogens is 487 g/mol. The summed E-state index contributed by atoms with van der Waals surface area (Å²) in [4.78, 5) is 38.0. The van der Waals surface area contributed by atoms with Crippen molar-refractivity contribution in [2.24, 2.45) is 0 Å². The molecule has 0 unspecified atom stereocenters. The van der Waals surface area contributed by atoms with Gasteiger partial charge in [-0.25, -0.2) is 0 Å². The van der Waals surface area contributed by atoms with Crippen LogP contribution in [0.5, 0.6) is 0 Å². The fourth-order valence-electron chi connectivity index (χ4n) is 6.27. The quantitative estimate of drug-likeness (QED) is 0.340. The van der Waals surface area contributed by atoms with Crippen LogP contribution in [0.25, 0.3) is 0 Å². The van der Waals surface area contributed by atoms with Crippen molar-refractivity contribution in [1.82, 2.24) is 0 Å². The van der Waals surface area contributed by atoms with Gasteiger partial charge in [0.2, 0.25) is 0 Å². The molecule has 0 amide bonds. The van der Waals surface area contributed by atoms with Crippen molar-refractivity contribution in [1.29, 1.82) is 0 Å². The first-order valence-electron chi connectivity index (χ1n) is 14.5. The van der Waals surface area contributed by atoms with Gasteiger partial charge in [-0.3, -0.25) is 0 Å². The molecule has 214 valence electrons. The van der Waals surface area contributed by atoms with Crippen LogP contribution in [0.2, 0.25) is 0 Å². The summed E-state index contributed by atoms with van der Waals surface area (Å²) in [5, 5.41) is -0.815. The van der Waals surface area contributed by atoms with Crippen molar-refractivity contribution in [2.45, 2.75) is 142 Å². The molecule has 3 nitrogen and oxygen atoms in total. The fourth-order valence-corrected chi connectivity index (χ4v) is 9.70. The Labute approximate surface area is 233 Å². The zero-order valence-electron chi connectivity index (χ0n) is 26.3. The average molecular weight is 543 g/mol. The van der Waals surface area contributed by atoms with E-state index in [1.165, 1.54) is 5.56 Å². The van der Waals surface area contributed by atoms with Crippen molar-refractivity contribution in [3.8, 4) is 0 Å². The Morgan fingerprint density at radius 1 is 0.553 bits per heavy atom. The second kappa shape index (κ2) is 9.41. The summed E-state index contributed by atoms with van der Waals surface area (Å²) in [5.41, 5.74) is 4.42. The molecule has 1 aliphatic rings. The molecule has 1 aliphatic carbocycles. The van der Waals surface area contributed by atoms with Crippen molar-refractivity contribution in [3.05, 3.63) is 64.2 Å². The predicted molar refractivity (Wildman–Crippen MR) is 166 cm³/mol. The average Bonchev–Trinajstić information content (AvgIpc) is 2.76. The van der Waals surface area contributed by atoms with Crippen LogP contribution in [0.3, 0.4) is 0 Å². The molecule has 0 saturated heterocycles. The minimum absolute atomic E-state index is 0.0381. The van der Waals surface area contributed by atoms with Crippen LogP contribution in [-0.4, -0.2) is 14.7 Å². The topological polar surface area (TPSA) is 60.7 Å². The zero-order valence-corrected chi connectivity index (χ0v) is 27.2. The van der Waals surface area contributed by atoms with Gasteiger partial charge in [-0.1, -0.05) is 0 Å². The van der Waals surface area contributed by atoms with E-state index in [2.05, 4.69) is 107 Å². The van der Waals surface area contributed by atoms with E-state index in [0.717, 1.165) is 41.5 Å². The summed E-state index contributed by atoms with van der Waals surface area (Å²) < 4.78 is 0. The molecule has 0 atom stereocenters. The van der Waals surface area contributed by atoms with Crippen LogP contribution >= 0.6 is 7.28 Å². The molecule has 3 N–H and O–H groups in total. The van der Waals surface area contributed by atoms with Crippen LogP contribution in [0.15, 0.2) is 36.4 Å². The molecular formula is C34H55O3P. The van der Waals surface area contributed by atoms with Crippen LogP contribution in [-0.2, 0) is 26.8 Å². The molecule has 0 bridgehead atoms. The molecule has 3 rings (SSSR count). The van der Waals surface area contributed by atoms with Gasteiger partial charge in [-0.2, -0.15) is 0 Å². The molecule has 0 aliphatic heterocycles. The Morgan fingerprint density at radius 2 is 0.974 bits per heavy atom. The van der Waals surface area contributed by atoms with Crippen LogP contribution in [0.1, 0.15) is 143 Å². The standard InChI is InChI=1S/C34H55O3P/c1-30(2,3)24-16-18-26(27(22-24)32(7,8)9)34(20-14-13-15-21-34)38(35,36,37)29-19-17-25(31(4,5)6)23-28(29)33(10,11)12/h16-19,22-23,35-37H,13-15,20-21H2,1-12H3. The van der Waals surface area contributed by atoms with Gasteiger partial charge in [0.25, 0.3) is 0 Å². The molecule has 1 fully saturated rings. The van der Waals surface area contributed by atoms with E-state index >= 15 is 0 Å². The number of hydrogen-bond acceptors (Lipinski definition) is 3. The summed E-state index contributed by atoms with van der Waals surface area (Å²) in [6.07, 6.45) is 3.85.